The van der Waals surface area contributed by atoms with E-state index in [1.807, 2.05) is 36.4 Å². The van der Waals surface area contributed by atoms with Gasteiger partial charge in [-0.2, -0.15) is 0 Å². The summed E-state index contributed by atoms with van der Waals surface area (Å²) >= 11 is 0. The fourth-order valence-corrected chi connectivity index (χ4v) is 2.86. The number of anilines is 2. The summed E-state index contributed by atoms with van der Waals surface area (Å²) in [5.74, 6) is 0.535. The lowest BCUT2D eigenvalue weighted by Gasteiger charge is -2.11. The third-order valence-corrected chi connectivity index (χ3v) is 3.88. The second-order valence-corrected chi connectivity index (χ2v) is 5.49. The lowest BCUT2D eigenvalue weighted by molar-refractivity contribution is 0.435. The van der Waals surface area contributed by atoms with Gasteiger partial charge in [-0.05, 0) is 23.8 Å². The van der Waals surface area contributed by atoms with Crippen molar-refractivity contribution >= 4 is 22.4 Å². The van der Waals surface area contributed by atoms with Gasteiger partial charge < -0.3 is 21.0 Å². The molecule has 0 fully saturated rings. The van der Waals surface area contributed by atoms with Gasteiger partial charge in [0.15, 0.2) is 11.6 Å². The molecule has 0 bridgehead atoms. The molecule has 6 nitrogen and oxygen atoms in total. The number of nitrogen functional groups attached to an aromatic ring is 2. The number of hydrogen-bond acceptors (Lipinski definition) is 5. The summed E-state index contributed by atoms with van der Waals surface area (Å²) in [4.78, 5) is 15.6. The van der Waals surface area contributed by atoms with Gasteiger partial charge in [-0.3, -0.25) is 4.79 Å². The van der Waals surface area contributed by atoms with Crippen molar-refractivity contribution in [2.75, 3.05) is 11.5 Å². The second-order valence-electron chi connectivity index (χ2n) is 5.49. The number of H-pyrrole nitrogens is 1. The summed E-state index contributed by atoms with van der Waals surface area (Å²) < 4.78 is 5.25. The molecule has 0 saturated carbocycles. The average Bonchev–Trinajstić information content (AvgIpc) is 3.01. The van der Waals surface area contributed by atoms with Gasteiger partial charge in [-0.15, -0.1) is 0 Å². The highest BCUT2D eigenvalue weighted by Gasteiger charge is 2.19. The summed E-state index contributed by atoms with van der Waals surface area (Å²) in [6, 6.07) is 16.5. The van der Waals surface area contributed by atoms with Gasteiger partial charge in [0, 0.05) is 28.2 Å². The molecule has 6 heteroatoms. The third kappa shape index (κ3) is 2.21. The maximum Gasteiger partial charge on any atom is 0.260 e. The zero-order chi connectivity index (χ0) is 16.7. The fraction of sp³-hybridized carbons (Fsp3) is 0. The van der Waals surface area contributed by atoms with Crippen molar-refractivity contribution in [2.24, 2.45) is 0 Å². The smallest absolute Gasteiger partial charge is 0.260 e. The van der Waals surface area contributed by atoms with Gasteiger partial charge in [-0.1, -0.05) is 35.5 Å². The van der Waals surface area contributed by atoms with Crippen molar-refractivity contribution in [2.45, 2.75) is 0 Å². The zero-order valence-electron chi connectivity index (χ0n) is 12.6. The maximum atomic E-state index is 12.7. The van der Waals surface area contributed by atoms with Crippen LogP contribution in [0.4, 0.5) is 11.5 Å². The van der Waals surface area contributed by atoms with E-state index in [1.54, 1.807) is 12.1 Å². The molecule has 0 radical (unpaired) electrons. The van der Waals surface area contributed by atoms with Crippen molar-refractivity contribution in [3.05, 3.63) is 65.0 Å². The van der Waals surface area contributed by atoms with Crippen molar-refractivity contribution in [1.82, 2.24) is 10.1 Å². The monoisotopic (exact) mass is 318 g/mol. The van der Waals surface area contributed by atoms with Crippen LogP contribution >= 0.6 is 0 Å². The van der Waals surface area contributed by atoms with Gasteiger partial charge in [0.25, 0.3) is 5.56 Å². The number of aromatic amines is 1. The molecule has 118 valence electrons. The highest BCUT2D eigenvalue weighted by Crippen LogP contribution is 2.36. The number of pyridine rings is 1. The van der Waals surface area contributed by atoms with E-state index in [0.29, 0.717) is 22.5 Å². The maximum absolute atomic E-state index is 12.7. The molecule has 0 aliphatic carbocycles. The quantitative estimate of drug-likeness (QED) is 0.492. The lowest BCUT2D eigenvalue weighted by Crippen LogP contribution is -2.11. The largest absolute Gasteiger partial charge is 0.399 e. The molecule has 0 saturated heterocycles. The highest BCUT2D eigenvalue weighted by atomic mass is 16.5. The van der Waals surface area contributed by atoms with E-state index in [4.69, 9.17) is 16.0 Å². The van der Waals surface area contributed by atoms with Gasteiger partial charge in [0.2, 0.25) is 0 Å². The van der Waals surface area contributed by atoms with Crippen LogP contribution in [0, 0.1) is 0 Å². The van der Waals surface area contributed by atoms with Crippen molar-refractivity contribution < 1.29 is 4.52 Å². The Morgan fingerprint density at radius 1 is 0.958 bits per heavy atom. The van der Waals surface area contributed by atoms with Crippen LogP contribution in [0.2, 0.25) is 0 Å². The molecule has 0 atom stereocenters. The molecule has 0 aliphatic rings. The summed E-state index contributed by atoms with van der Waals surface area (Å²) in [5, 5.41) is 4.52. The number of fused-ring (bicyclic) bond motifs is 1. The van der Waals surface area contributed by atoms with Crippen LogP contribution in [-0.4, -0.2) is 10.1 Å². The molecule has 0 aliphatic heterocycles. The first-order chi connectivity index (χ1) is 11.6. The van der Waals surface area contributed by atoms with Crippen molar-refractivity contribution in [3.63, 3.8) is 0 Å². The molecule has 2 aromatic heterocycles. The van der Waals surface area contributed by atoms with Crippen LogP contribution in [-0.2, 0) is 0 Å². The number of hydrogen-bond donors (Lipinski definition) is 3. The molecule has 2 aromatic carbocycles. The van der Waals surface area contributed by atoms with E-state index < -0.39 is 0 Å². The van der Waals surface area contributed by atoms with Crippen LogP contribution in [0.15, 0.2) is 63.9 Å². The molecule has 5 N–H and O–H groups in total. The standard InChI is InChI=1S/C18H14N4O2/c19-11-6-7-13-12(8-11)16(10-4-2-1-3-5-10)17(18(23)21-13)14-9-15(20)22-24-14/h1-9H,19H2,(H2,20,22)(H,21,23). The average molecular weight is 318 g/mol. The number of rotatable bonds is 2. The van der Waals surface area contributed by atoms with E-state index in [2.05, 4.69) is 10.1 Å². The minimum Gasteiger partial charge on any atom is -0.399 e. The number of benzene rings is 2. The number of nitrogens with zero attached hydrogens (tertiary/aromatic N) is 1. The van der Waals surface area contributed by atoms with E-state index in [9.17, 15) is 4.79 Å². The summed E-state index contributed by atoms with van der Waals surface area (Å²) in [6.45, 7) is 0. The van der Waals surface area contributed by atoms with Crippen LogP contribution in [0.1, 0.15) is 0 Å². The predicted molar refractivity (Wildman–Crippen MR) is 94.3 cm³/mol. The Morgan fingerprint density at radius 2 is 1.75 bits per heavy atom. The molecule has 4 rings (SSSR count). The van der Waals surface area contributed by atoms with Gasteiger partial charge >= 0.3 is 0 Å². The molecule has 24 heavy (non-hydrogen) atoms. The third-order valence-electron chi connectivity index (χ3n) is 3.88. The van der Waals surface area contributed by atoms with Crippen molar-refractivity contribution in [1.29, 1.82) is 0 Å². The predicted octanol–water partition coefficient (Wildman–Crippen LogP) is 3.01. The number of aromatic nitrogens is 2. The summed E-state index contributed by atoms with van der Waals surface area (Å²) in [5.41, 5.74) is 14.6. The SMILES string of the molecule is Nc1ccc2[nH]c(=O)c(-c3cc(N)no3)c(-c3ccccc3)c2c1. The topological polar surface area (TPSA) is 111 Å². The summed E-state index contributed by atoms with van der Waals surface area (Å²) in [6.07, 6.45) is 0. The van der Waals surface area contributed by atoms with Crippen LogP contribution < -0.4 is 17.0 Å². The number of nitrogens with two attached hydrogens (primary N) is 2. The Balaban J connectivity index is 2.18. The lowest BCUT2D eigenvalue weighted by atomic mass is 9.95. The molecule has 0 unspecified atom stereocenters. The van der Waals surface area contributed by atoms with Gasteiger partial charge in [0.05, 0.1) is 5.56 Å². The van der Waals surface area contributed by atoms with Gasteiger partial charge in [-0.25, -0.2) is 0 Å². The Labute approximate surface area is 136 Å². The summed E-state index contributed by atoms with van der Waals surface area (Å²) in [7, 11) is 0. The highest BCUT2D eigenvalue weighted by molar-refractivity contribution is 6.02. The molecule has 0 spiro atoms. The Kier molecular flexibility index (Phi) is 3.09. The zero-order valence-corrected chi connectivity index (χ0v) is 12.6. The van der Waals surface area contributed by atoms with Crippen LogP contribution in [0.5, 0.6) is 0 Å². The van der Waals surface area contributed by atoms with E-state index in [0.717, 1.165) is 16.5 Å². The van der Waals surface area contributed by atoms with E-state index in [-0.39, 0.29) is 11.4 Å². The number of nitrogens with one attached hydrogen (secondary N) is 1. The molecule has 4 aromatic rings. The molecular formula is C18H14N4O2. The molecule has 0 amide bonds. The van der Waals surface area contributed by atoms with Crippen molar-refractivity contribution in [3.8, 4) is 22.5 Å². The van der Waals surface area contributed by atoms with E-state index in [1.165, 1.54) is 6.07 Å². The first-order valence-corrected chi connectivity index (χ1v) is 7.37. The Morgan fingerprint density at radius 3 is 2.46 bits per heavy atom. The minimum absolute atomic E-state index is 0.219. The fourth-order valence-electron chi connectivity index (χ4n) is 2.86. The van der Waals surface area contributed by atoms with Crippen LogP contribution in [0.25, 0.3) is 33.4 Å². The Hall–Kier alpha value is -3.54. The molecular weight excluding hydrogens is 304 g/mol. The van der Waals surface area contributed by atoms with Crippen LogP contribution in [0.3, 0.4) is 0 Å². The first-order valence-electron chi connectivity index (χ1n) is 7.37. The molecule has 2 heterocycles. The van der Waals surface area contributed by atoms with E-state index >= 15 is 0 Å². The normalized spacial score (nSPS) is 11.0. The minimum atomic E-state index is -0.276. The second kappa shape index (κ2) is 5.27. The van der Waals surface area contributed by atoms with Gasteiger partial charge in [0.1, 0.15) is 0 Å². The Bertz CT molecular complexity index is 1100. The first kappa shape index (κ1) is 14.1.